The van der Waals surface area contributed by atoms with Gasteiger partial charge < -0.3 is 5.11 Å². The van der Waals surface area contributed by atoms with Crippen molar-refractivity contribution in [3.8, 4) is 0 Å². The standard InChI is InChI=1S/C10H10F2O3S/c1-6(10(13)14)16(15)5-7-4-8(11)2-3-9(7)12/h2-4,6H,5H2,1H3,(H,13,14). The summed E-state index contributed by atoms with van der Waals surface area (Å²) in [6.07, 6.45) is 0. The van der Waals surface area contributed by atoms with E-state index in [2.05, 4.69) is 0 Å². The quantitative estimate of drug-likeness (QED) is 0.882. The van der Waals surface area contributed by atoms with Gasteiger partial charge in [0.15, 0.2) is 0 Å². The normalized spacial score (nSPS) is 14.4. The van der Waals surface area contributed by atoms with E-state index in [1.165, 1.54) is 6.92 Å². The molecule has 0 bridgehead atoms. The summed E-state index contributed by atoms with van der Waals surface area (Å²) in [6, 6.07) is 2.79. The van der Waals surface area contributed by atoms with Crippen LogP contribution in [0.3, 0.4) is 0 Å². The molecule has 0 fully saturated rings. The van der Waals surface area contributed by atoms with E-state index in [0.29, 0.717) is 0 Å². The summed E-state index contributed by atoms with van der Waals surface area (Å²) in [5.74, 6) is -2.87. The Morgan fingerprint density at radius 2 is 2.12 bits per heavy atom. The number of halogens is 2. The molecule has 16 heavy (non-hydrogen) atoms. The average Bonchev–Trinajstić information content (AvgIpc) is 2.22. The van der Waals surface area contributed by atoms with Gasteiger partial charge in [-0.25, -0.2) is 8.78 Å². The monoisotopic (exact) mass is 248 g/mol. The van der Waals surface area contributed by atoms with Crippen LogP contribution in [-0.4, -0.2) is 20.5 Å². The molecule has 1 rings (SSSR count). The Labute approximate surface area is 93.6 Å². The summed E-state index contributed by atoms with van der Waals surface area (Å²) in [5.41, 5.74) is -0.0774. The zero-order valence-electron chi connectivity index (χ0n) is 8.44. The number of benzene rings is 1. The van der Waals surface area contributed by atoms with Crippen LogP contribution in [0.4, 0.5) is 8.78 Å². The van der Waals surface area contributed by atoms with Crippen molar-refractivity contribution >= 4 is 16.8 Å². The van der Waals surface area contributed by atoms with Gasteiger partial charge >= 0.3 is 5.97 Å². The van der Waals surface area contributed by atoms with Crippen LogP contribution in [0.15, 0.2) is 18.2 Å². The predicted molar refractivity (Wildman–Crippen MR) is 55.3 cm³/mol. The van der Waals surface area contributed by atoms with Crippen molar-refractivity contribution < 1.29 is 22.9 Å². The second-order valence-corrected chi connectivity index (χ2v) is 5.00. The van der Waals surface area contributed by atoms with Crippen LogP contribution in [0.2, 0.25) is 0 Å². The molecule has 1 N–H and O–H groups in total. The van der Waals surface area contributed by atoms with Crippen LogP contribution in [-0.2, 0) is 21.3 Å². The SMILES string of the molecule is CC(C(=O)O)S(=O)Cc1cc(F)ccc1F. The van der Waals surface area contributed by atoms with Crippen LogP contribution >= 0.6 is 0 Å². The second-order valence-electron chi connectivity index (χ2n) is 3.24. The van der Waals surface area contributed by atoms with E-state index < -0.39 is 33.7 Å². The lowest BCUT2D eigenvalue weighted by Crippen LogP contribution is -2.23. The zero-order valence-corrected chi connectivity index (χ0v) is 9.26. The molecule has 1 aromatic carbocycles. The number of carboxylic acid groups (broad SMARTS) is 1. The highest BCUT2D eigenvalue weighted by molar-refractivity contribution is 7.85. The number of rotatable bonds is 4. The van der Waals surface area contributed by atoms with Gasteiger partial charge in [-0.3, -0.25) is 9.00 Å². The lowest BCUT2D eigenvalue weighted by atomic mass is 10.2. The van der Waals surface area contributed by atoms with Gasteiger partial charge in [0.25, 0.3) is 0 Å². The van der Waals surface area contributed by atoms with E-state index >= 15 is 0 Å². The first kappa shape index (κ1) is 12.8. The number of carbonyl (C=O) groups is 1. The van der Waals surface area contributed by atoms with Gasteiger partial charge in [0.2, 0.25) is 0 Å². The summed E-state index contributed by atoms with van der Waals surface area (Å²) in [7, 11) is -1.77. The topological polar surface area (TPSA) is 54.4 Å². The Bertz CT molecular complexity index is 434. The van der Waals surface area contributed by atoms with Crippen molar-refractivity contribution in [2.24, 2.45) is 0 Å². The summed E-state index contributed by atoms with van der Waals surface area (Å²) in [6.45, 7) is 1.26. The average molecular weight is 248 g/mol. The molecule has 3 nitrogen and oxygen atoms in total. The Morgan fingerprint density at radius 1 is 1.50 bits per heavy atom. The first-order valence-corrected chi connectivity index (χ1v) is 5.84. The molecule has 0 radical (unpaired) electrons. The van der Waals surface area contributed by atoms with Gasteiger partial charge in [0.05, 0.1) is 5.75 Å². The van der Waals surface area contributed by atoms with Crippen molar-refractivity contribution in [1.29, 1.82) is 0 Å². The van der Waals surface area contributed by atoms with Crippen LogP contribution in [0.25, 0.3) is 0 Å². The summed E-state index contributed by atoms with van der Waals surface area (Å²) in [4.78, 5) is 10.5. The van der Waals surface area contributed by atoms with Crippen LogP contribution in [0.5, 0.6) is 0 Å². The predicted octanol–water partition coefficient (Wildman–Crippen LogP) is 1.69. The lowest BCUT2D eigenvalue weighted by molar-refractivity contribution is -0.136. The highest BCUT2D eigenvalue weighted by Gasteiger charge is 2.20. The third-order valence-corrected chi connectivity index (χ3v) is 3.63. The Balaban J connectivity index is 2.84. The molecular formula is C10H10F2O3S. The minimum Gasteiger partial charge on any atom is -0.480 e. The Morgan fingerprint density at radius 3 is 2.69 bits per heavy atom. The van der Waals surface area contributed by atoms with Crippen LogP contribution in [0.1, 0.15) is 12.5 Å². The largest absolute Gasteiger partial charge is 0.480 e. The van der Waals surface area contributed by atoms with E-state index in [-0.39, 0.29) is 11.3 Å². The zero-order chi connectivity index (χ0) is 12.3. The van der Waals surface area contributed by atoms with Crippen LogP contribution < -0.4 is 0 Å². The van der Waals surface area contributed by atoms with Crippen molar-refractivity contribution in [2.45, 2.75) is 17.9 Å². The maximum atomic E-state index is 13.1. The molecule has 0 aliphatic carbocycles. The molecule has 6 heteroatoms. The molecule has 88 valence electrons. The molecule has 0 amide bonds. The molecule has 2 atom stereocenters. The molecule has 0 heterocycles. The van der Waals surface area contributed by atoms with Gasteiger partial charge in [-0.15, -0.1) is 0 Å². The van der Waals surface area contributed by atoms with Crippen LogP contribution in [0, 0.1) is 11.6 Å². The third kappa shape index (κ3) is 3.10. The summed E-state index contributed by atoms with van der Waals surface area (Å²) >= 11 is 0. The number of hydrogen-bond acceptors (Lipinski definition) is 2. The molecular weight excluding hydrogens is 238 g/mol. The smallest absolute Gasteiger partial charge is 0.318 e. The van der Waals surface area contributed by atoms with Crippen molar-refractivity contribution in [1.82, 2.24) is 0 Å². The van der Waals surface area contributed by atoms with Gasteiger partial charge in [-0.05, 0) is 25.1 Å². The highest BCUT2D eigenvalue weighted by Crippen LogP contribution is 2.13. The maximum Gasteiger partial charge on any atom is 0.318 e. The number of aliphatic carboxylic acids is 1. The maximum absolute atomic E-state index is 13.1. The first-order valence-electron chi connectivity index (χ1n) is 4.45. The minimum atomic E-state index is -1.77. The van der Waals surface area contributed by atoms with E-state index in [1.54, 1.807) is 0 Å². The summed E-state index contributed by atoms with van der Waals surface area (Å²) < 4.78 is 37.4. The third-order valence-electron chi connectivity index (χ3n) is 2.05. The minimum absolute atomic E-state index is 0.0774. The fourth-order valence-corrected chi connectivity index (χ4v) is 2.05. The second kappa shape index (κ2) is 5.16. The molecule has 2 unspecified atom stereocenters. The molecule has 0 aliphatic rings. The lowest BCUT2D eigenvalue weighted by Gasteiger charge is -2.07. The number of carboxylic acids is 1. The van der Waals surface area contributed by atoms with Crippen molar-refractivity contribution in [2.75, 3.05) is 0 Å². The molecule has 0 saturated carbocycles. The van der Waals surface area contributed by atoms with E-state index in [9.17, 15) is 17.8 Å². The molecule has 0 saturated heterocycles. The molecule has 0 spiro atoms. The van der Waals surface area contributed by atoms with Gasteiger partial charge in [0.1, 0.15) is 16.9 Å². The summed E-state index contributed by atoms with van der Waals surface area (Å²) in [5, 5.41) is 7.48. The Hall–Kier alpha value is -1.30. The Kier molecular flexibility index (Phi) is 4.12. The van der Waals surface area contributed by atoms with E-state index in [1.807, 2.05) is 0 Å². The van der Waals surface area contributed by atoms with Gasteiger partial charge in [-0.1, -0.05) is 0 Å². The van der Waals surface area contributed by atoms with E-state index in [0.717, 1.165) is 18.2 Å². The molecule has 0 aliphatic heterocycles. The van der Waals surface area contributed by atoms with Crippen molar-refractivity contribution in [3.05, 3.63) is 35.4 Å². The van der Waals surface area contributed by atoms with Gasteiger partial charge in [0, 0.05) is 16.4 Å². The fraction of sp³-hybridized carbons (Fsp3) is 0.300. The molecule has 1 aromatic rings. The first-order chi connectivity index (χ1) is 7.41. The van der Waals surface area contributed by atoms with Gasteiger partial charge in [-0.2, -0.15) is 0 Å². The van der Waals surface area contributed by atoms with E-state index in [4.69, 9.17) is 5.11 Å². The van der Waals surface area contributed by atoms with Crippen molar-refractivity contribution in [3.63, 3.8) is 0 Å². The highest BCUT2D eigenvalue weighted by atomic mass is 32.2. The number of hydrogen-bond donors (Lipinski definition) is 1. The molecule has 0 aromatic heterocycles. The fourth-order valence-electron chi connectivity index (χ4n) is 1.04.